The van der Waals surface area contributed by atoms with Crippen molar-refractivity contribution in [3.8, 4) is 0 Å². The normalized spacial score (nSPS) is 22.7. The Morgan fingerprint density at radius 3 is 2.36 bits per heavy atom. The number of amides is 3. The fourth-order valence-electron chi connectivity index (χ4n) is 6.03. The molecule has 214 valence electrons. The Kier molecular flexibility index (Phi) is 9.61. The average molecular weight is 542 g/mol. The van der Waals surface area contributed by atoms with E-state index in [9.17, 15) is 19.2 Å². The van der Waals surface area contributed by atoms with E-state index < -0.39 is 18.2 Å². The first-order valence-electron chi connectivity index (χ1n) is 14.3. The first-order valence-corrected chi connectivity index (χ1v) is 14.3. The van der Waals surface area contributed by atoms with Gasteiger partial charge in [0, 0.05) is 51.1 Å². The molecule has 3 aliphatic heterocycles. The minimum atomic E-state index is -0.756. The Hall–Kier alpha value is -2.98. The maximum atomic E-state index is 13.8. The number of nitrogens with one attached hydrogen (secondary N) is 2. The van der Waals surface area contributed by atoms with Crippen LogP contribution in [0.3, 0.4) is 0 Å². The molecule has 1 aromatic carbocycles. The highest BCUT2D eigenvalue weighted by Gasteiger charge is 2.53. The first-order chi connectivity index (χ1) is 18.7. The molecule has 0 bridgehead atoms. The molecule has 4 unspecified atom stereocenters. The highest BCUT2D eigenvalue weighted by atomic mass is 16.5. The van der Waals surface area contributed by atoms with Gasteiger partial charge in [-0.05, 0) is 49.4 Å². The minimum absolute atomic E-state index is 0.0117. The largest absolute Gasteiger partial charge is 0.372 e. The number of anilines is 1. The first kappa shape index (κ1) is 29.0. The number of hydrogen-bond acceptors (Lipinski definition) is 7. The van der Waals surface area contributed by atoms with Crippen LogP contribution in [0.15, 0.2) is 24.3 Å². The fourth-order valence-corrected chi connectivity index (χ4v) is 6.03. The summed E-state index contributed by atoms with van der Waals surface area (Å²) in [7, 11) is 1.51. The van der Waals surface area contributed by atoms with Gasteiger partial charge in [0.1, 0.15) is 18.2 Å². The molecule has 0 aromatic heterocycles. The smallest absolute Gasteiger partial charge is 0.252 e. The van der Waals surface area contributed by atoms with Gasteiger partial charge in [-0.15, -0.1) is 0 Å². The van der Waals surface area contributed by atoms with Gasteiger partial charge in [-0.3, -0.25) is 19.2 Å². The number of likely N-dealkylation sites (tertiary alicyclic amines) is 2. The summed E-state index contributed by atoms with van der Waals surface area (Å²) in [6.45, 7) is 10.0. The lowest BCUT2D eigenvalue weighted by Gasteiger charge is -2.30. The maximum absolute atomic E-state index is 13.8. The third-order valence-corrected chi connectivity index (χ3v) is 8.02. The lowest BCUT2D eigenvalue weighted by molar-refractivity contribution is -0.144. The van der Waals surface area contributed by atoms with Crippen LogP contribution in [-0.4, -0.2) is 104 Å². The number of ether oxygens (including phenoxy) is 1. The Morgan fingerprint density at radius 2 is 1.74 bits per heavy atom. The summed E-state index contributed by atoms with van der Waals surface area (Å²) in [5, 5.41) is 6.28. The number of hydrogen-bond donors (Lipinski definition) is 2. The SMILES string of the molecule is CCCC(OC)C(=O)N1CC(=O)C2C1CCN2C(=O)C(CC(C)C)NC(=O)c1ccc(N2CCNCC2)cc1. The standard InChI is InChI=1S/C29H43N5O5/c1-5-6-25(39-4)29(38)34-18-24(35)26-23(34)11-14-33(26)28(37)22(17-19(2)3)31-27(36)20-7-9-21(10-8-20)32-15-12-30-13-16-32/h7-10,19,22-23,25-26,30H,5-6,11-18H2,1-4H3,(H,31,36). The minimum Gasteiger partial charge on any atom is -0.372 e. The van der Waals surface area contributed by atoms with E-state index in [1.807, 2.05) is 32.9 Å². The summed E-state index contributed by atoms with van der Waals surface area (Å²) >= 11 is 0. The van der Waals surface area contributed by atoms with Crippen LogP contribution in [-0.2, 0) is 19.1 Å². The number of nitrogens with zero attached hydrogens (tertiary/aromatic N) is 3. The molecule has 0 radical (unpaired) electrons. The second kappa shape index (κ2) is 12.9. The third-order valence-electron chi connectivity index (χ3n) is 8.02. The van der Waals surface area contributed by atoms with E-state index in [0.717, 1.165) is 38.3 Å². The Bertz CT molecular complexity index is 1040. The van der Waals surface area contributed by atoms with E-state index in [2.05, 4.69) is 15.5 Å². The topological polar surface area (TPSA) is 111 Å². The van der Waals surface area contributed by atoms with Crippen molar-refractivity contribution in [1.82, 2.24) is 20.4 Å². The molecule has 3 amide bonds. The van der Waals surface area contributed by atoms with Gasteiger partial charge in [0.15, 0.2) is 5.78 Å². The molecule has 2 N–H and O–H groups in total. The van der Waals surface area contributed by atoms with E-state index in [-0.39, 0.29) is 42.0 Å². The molecular weight excluding hydrogens is 498 g/mol. The Balaban J connectivity index is 1.45. The summed E-state index contributed by atoms with van der Waals surface area (Å²) in [5.41, 5.74) is 1.56. The number of ketones is 1. The van der Waals surface area contributed by atoms with Crippen LogP contribution in [0, 0.1) is 5.92 Å². The monoisotopic (exact) mass is 541 g/mol. The number of benzene rings is 1. The number of carbonyl (C=O) groups is 4. The number of piperazine rings is 1. The summed E-state index contributed by atoms with van der Waals surface area (Å²) in [6.07, 6.45) is 1.78. The zero-order chi connectivity index (χ0) is 28.1. The van der Waals surface area contributed by atoms with E-state index in [1.165, 1.54) is 7.11 Å². The number of carbonyl (C=O) groups excluding carboxylic acids is 4. The summed E-state index contributed by atoms with van der Waals surface area (Å²) in [5.74, 6) is -0.744. The van der Waals surface area contributed by atoms with Crippen molar-refractivity contribution in [1.29, 1.82) is 0 Å². The van der Waals surface area contributed by atoms with Gasteiger partial charge in [0.05, 0.1) is 12.6 Å². The van der Waals surface area contributed by atoms with Gasteiger partial charge in [-0.25, -0.2) is 0 Å². The van der Waals surface area contributed by atoms with Gasteiger partial charge in [0.2, 0.25) is 5.91 Å². The van der Waals surface area contributed by atoms with Crippen molar-refractivity contribution >= 4 is 29.2 Å². The van der Waals surface area contributed by atoms with E-state index >= 15 is 0 Å². The van der Waals surface area contributed by atoms with Gasteiger partial charge >= 0.3 is 0 Å². The maximum Gasteiger partial charge on any atom is 0.252 e. The van der Waals surface area contributed by atoms with Crippen LogP contribution >= 0.6 is 0 Å². The van der Waals surface area contributed by atoms with Crippen LogP contribution in [0.25, 0.3) is 0 Å². The van der Waals surface area contributed by atoms with Gasteiger partial charge in [-0.2, -0.15) is 0 Å². The molecule has 0 aliphatic carbocycles. The van der Waals surface area contributed by atoms with Crippen LogP contribution in [0.4, 0.5) is 5.69 Å². The van der Waals surface area contributed by atoms with Crippen LogP contribution in [0.2, 0.25) is 0 Å². The molecular formula is C29H43N5O5. The highest BCUT2D eigenvalue weighted by Crippen LogP contribution is 2.32. The van der Waals surface area contributed by atoms with Crippen molar-refractivity contribution < 1.29 is 23.9 Å². The van der Waals surface area contributed by atoms with Gasteiger partial charge in [-0.1, -0.05) is 27.2 Å². The van der Waals surface area contributed by atoms with Crippen molar-refractivity contribution in [2.75, 3.05) is 51.3 Å². The molecule has 4 atom stereocenters. The molecule has 3 aliphatic rings. The Morgan fingerprint density at radius 1 is 1.05 bits per heavy atom. The number of rotatable bonds is 10. The molecule has 0 spiro atoms. The Labute approximate surface area is 231 Å². The molecule has 3 heterocycles. The molecule has 4 rings (SSSR count). The number of fused-ring (bicyclic) bond motifs is 1. The van der Waals surface area contributed by atoms with Crippen molar-refractivity contribution in [3.05, 3.63) is 29.8 Å². The highest BCUT2D eigenvalue weighted by molar-refractivity contribution is 6.01. The molecule has 3 saturated heterocycles. The quantitative estimate of drug-likeness (QED) is 0.461. The van der Waals surface area contributed by atoms with E-state index in [1.54, 1.807) is 21.9 Å². The van der Waals surface area contributed by atoms with E-state index in [4.69, 9.17) is 4.74 Å². The third kappa shape index (κ3) is 6.44. The van der Waals surface area contributed by atoms with Crippen LogP contribution in [0.5, 0.6) is 0 Å². The number of methoxy groups -OCH3 is 1. The van der Waals surface area contributed by atoms with Crippen molar-refractivity contribution in [2.24, 2.45) is 5.92 Å². The van der Waals surface area contributed by atoms with Crippen molar-refractivity contribution in [2.45, 2.75) is 70.7 Å². The average Bonchev–Trinajstić information content (AvgIpc) is 3.52. The zero-order valence-electron chi connectivity index (χ0n) is 23.7. The number of Topliss-reactive ketones (excluding diaryl/α,β-unsaturated/α-hetero) is 1. The lowest BCUT2D eigenvalue weighted by Crippen LogP contribution is -2.53. The summed E-state index contributed by atoms with van der Waals surface area (Å²) < 4.78 is 5.40. The lowest BCUT2D eigenvalue weighted by atomic mass is 10.0. The zero-order valence-corrected chi connectivity index (χ0v) is 23.7. The molecule has 10 heteroatoms. The second-order valence-corrected chi connectivity index (χ2v) is 11.2. The van der Waals surface area contributed by atoms with Crippen LogP contribution < -0.4 is 15.5 Å². The van der Waals surface area contributed by atoms with Crippen molar-refractivity contribution in [3.63, 3.8) is 0 Å². The second-order valence-electron chi connectivity index (χ2n) is 11.2. The molecule has 10 nitrogen and oxygen atoms in total. The summed E-state index contributed by atoms with van der Waals surface area (Å²) in [4.78, 5) is 58.7. The molecule has 1 aromatic rings. The molecule has 3 fully saturated rings. The van der Waals surface area contributed by atoms with Crippen LogP contribution in [0.1, 0.15) is 56.8 Å². The summed E-state index contributed by atoms with van der Waals surface area (Å²) in [6, 6.07) is 5.69. The van der Waals surface area contributed by atoms with Gasteiger partial charge < -0.3 is 30.1 Å². The van der Waals surface area contributed by atoms with E-state index in [0.29, 0.717) is 31.4 Å². The molecule has 0 saturated carbocycles. The predicted octanol–water partition coefficient (Wildman–Crippen LogP) is 1.44. The predicted molar refractivity (Wildman–Crippen MR) is 149 cm³/mol. The fraction of sp³-hybridized carbons (Fsp3) is 0.655. The molecule has 39 heavy (non-hydrogen) atoms. The van der Waals surface area contributed by atoms with Gasteiger partial charge in [0.25, 0.3) is 11.8 Å².